The topological polar surface area (TPSA) is 91.7 Å². The van der Waals surface area contributed by atoms with E-state index >= 15 is 0 Å². The van der Waals surface area contributed by atoms with Gasteiger partial charge in [0.2, 0.25) is 0 Å². The molecule has 3 aromatic heterocycles. The zero-order valence-corrected chi connectivity index (χ0v) is 14.5. The molecule has 1 amide bonds. The molecule has 0 unspecified atom stereocenters. The van der Waals surface area contributed by atoms with Crippen LogP contribution in [0.2, 0.25) is 0 Å². The summed E-state index contributed by atoms with van der Waals surface area (Å²) in [5.74, 6) is 0.283. The van der Waals surface area contributed by atoms with E-state index in [9.17, 15) is 4.79 Å². The molecule has 126 valence electrons. The van der Waals surface area contributed by atoms with Crippen molar-refractivity contribution in [1.82, 2.24) is 29.9 Å². The van der Waals surface area contributed by atoms with Crippen molar-refractivity contribution in [3.05, 3.63) is 34.8 Å². The Kier molecular flexibility index (Phi) is 4.06. The number of nitrogens with zero attached hydrogens (tertiary/aromatic N) is 5. The minimum atomic E-state index is -0.218. The van der Waals surface area contributed by atoms with Gasteiger partial charge in [0.25, 0.3) is 5.91 Å². The van der Waals surface area contributed by atoms with Gasteiger partial charge in [-0.05, 0) is 34.0 Å². The van der Waals surface area contributed by atoms with E-state index in [1.54, 1.807) is 10.7 Å². The standard InChI is InChI=1S/C16H21N7O/c1-9-6-12(14-10(2)21-23(5)15(14)17-9)16(24)18-13-7-11(19-20-13)8-22(3)4/h6-7H,8H2,1-5H3,(H2,18,19,20,24). The number of pyridine rings is 1. The minimum absolute atomic E-state index is 0.218. The summed E-state index contributed by atoms with van der Waals surface area (Å²) in [5, 5.41) is 15.0. The van der Waals surface area contributed by atoms with Gasteiger partial charge in [0.1, 0.15) is 0 Å². The van der Waals surface area contributed by atoms with Gasteiger partial charge in [0.05, 0.1) is 22.3 Å². The number of anilines is 1. The van der Waals surface area contributed by atoms with E-state index in [0.717, 1.165) is 29.0 Å². The number of aromatic nitrogens is 5. The fourth-order valence-electron chi connectivity index (χ4n) is 2.78. The first-order valence-corrected chi connectivity index (χ1v) is 7.66. The fraction of sp³-hybridized carbons (Fsp3) is 0.375. The Hall–Kier alpha value is -2.74. The fourth-order valence-corrected chi connectivity index (χ4v) is 2.78. The van der Waals surface area contributed by atoms with Crippen molar-refractivity contribution in [3.63, 3.8) is 0 Å². The van der Waals surface area contributed by atoms with Gasteiger partial charge >= 0.3 is 0 Å². The van der Waals surface area contributed by atoms with Crippen molar-refractivity contribution >= 4 is 22.8 Å². The molecule has 3 rings (SSSR count). The Morgan fingerprint density at radius 2 is 2.08 bits per heavy atom. The lowest BCUT2D eigenvalue weighted by Gasteiger charge is -2.06. The quantitative estimate of drug-likeness (QED) is 0.760. The van der Waals surface area contributed by atoms with Gasteiger partial charge in [-0.15, -0.1) is 0 Å². The highest BCUT2D eigenvalue weighted by Crippen LogP contribution is 2.22. The average Bonchev–Trinajstić information content (AvgIpc) is 3.02. The molecule has 0 bridgehead atoms. The highest BCUT2D eigenvalue weighted by atomic mass is 16.1. The van der Waals surface area contributed by atoms with Gasteiger partial charge in [0.15, 0.2) is 11.5 Å². The predicted molar refractivity (Wildman–Crippen MR) is 91.9 cm³/mol. The highest BCUT2D eigenvalue weighted by molar-refractivity contribution is 6.12. The van der Waals surface area contributed by atoms with Gasteiger partial charge in [-0.2, -0.15) is 10.2 Å². The van der Waals surface area contributed by atoms with Crippen LogP contribution in [0.4, 0.5) is 5.82 Å². The van der Waals surface area contributed by atoms with Crippen LogP contribution in [0.5, 0.6) is 0 Å². The molecule has 0 aromatic carbocycles. The third-order valence-corrected chi connectivity index (χ3v) is 3.70. The maximum Gasteiger partial charge on any atom is 0.257 e. The van der Waals surface area contributed by atoms with E-state index in [0.29, 0.717) is 17.0 Å². The van der Waals surface area contributed by atoms with Crippen LogP contribution < -0.4 is 5.32 Å². The number of carbonyl (C=O) groups is 1. The largest absolute Gasteiger partial charge is 0.305 e. The third kappa shape index (κ3) is 3.00. The summed E-state index contributed by atoms with van der Waals surface area (Å²) in [6, 6.07) is 3.61. The molecule has 2 N–H and O–H groups in total. The number of H-pyrrole nitrogens is 1. The number of carbonyl (C=O) groups excluding carboxylic acids is 1. The Bertz CT molecular complexity index is 907. The number of aryl methyl sites for hydroxylation is 3. The first-order valence-electron chi connectivity index (χ1n) is 7.66. The molecule has 0 radical (unpaired) electrons. The van der Waals surface area contributed by atoms with E-state index in [1.807, 2.05) is 46.0 Å². The van der Waals surface area contributed by atoms with Crippen LogP contribution in [0, 0.1) is 13.8 Å². The molecule has 0 saturated carbocycles. The molecule has 0 fully saturated rings. The van der Waals surface area contributed by atoms with Gasteiger partial charge in [0, 0.05) is 25.4 Å². The summed E-state index contributed by atoms with van der Waals surface area (Å²) in [6.07, 6.45) is 0. The second kappa shape index (κ2) is 6.04. The Morgan fingerprint density at radius 1 is 1.33 bits per heavy atom. The summed E-state index contributed by atoms with van der Waals surface area (Å²) in [4.78, 5) is 19.2. The van der Waals surface area contributed by atoms with E-state index in [1.165, 1.54) is 0 Å². The van der Waals surface area contributed by atoms with E-state index in [-0.39, 0.29) is 5.91 Å². The number of fused-ring (bicyclic) bond motifs is 1. The summed E-state index contributed by atoms with van der Waals surface area (Å²) in [6.45, 7) is 4.46. The molecule has 3 heterocycles. The molecular formula is C16H21N7O. The van der Waals surface area contributed by atoms with Crippen LogP contribution in [-0.2, 0) is 13.6 Å². The van der Waals surface area contributed by atoms with Gasteiger partial charge in [-0.25, -0.2) is 4.98 Å². The van der Waals surface area contributed by atoms with E-state index in [2.05, 4.69) is 25.6 Å². The van der Waals surface area contributed by atoms with Crippen molar-refractivity contribution in [2.45, 2.75) is 20.4 Å². The summed E-state index contributed by atoms with van der Waals surface area (Å²) in [5.41, 5.74) is 3.74. The smallest absolute Gasteiger partial charge is 0.257 e. The third-order valence-electron chi connectivity index (χ3n) is 3.70. The van der Waals surface area contributed by atoms with E-state index < -0.39 is 0 Å². The number of nitrogens with one attached hydrogen (secondary N) is 2. The van der Waals surface area contributed by atoms with Crippen LogP contribution in [0.3, 0.4) is 0 Å². The lowest BCUT2D eigenvalue weighted by atomic mass is 10.1. The molecule has 8 nitrogen and oxygen atoms in total. The van der Waals surface area contributed by atoms with Crippen LogP contribution in [0.1, 0.15) is 27.4 Å². The first kappa shape index (κ1) is 16.1. The maximum atomic E-state index is 12.7. The molecule has 8 heteroatoms. The minimum Gasteiger partial charge on any atom is -0.305 e. The van der Waals surface area contributed by atoms with Gasteiger partial charge < -0.3 is 10.2 Å². The normalized spacial score (nSPS) is 11.4. The molecule has 0 atom stereocenters. The van der Waals surface area contributed by atoms with Crippen LogP contribution >= 0.6 is 0 Å². The average molecular weight is 327 g/mol. The zero-order chi connectivity index (χ0) is 17.4. The molecular weight excluding hydrogens is 306 g/mol. The SMILES string of the molecule is Cc1cc(C(=O)Nc2cc(CN(C)C)[nH]n2)c2c(C)nn(C)c2n1. The summed E-state index contributed by atoms with van der Waals surface area (Å²) in [7, 11) is 5.77. The van der Waals surface area contributed by atoms with Crippen molar-refractivity contribution in [3.8, 4) is 0 Å². The van der Waals surface area contributed by atoms with Crippen LogP contribution in [-0.4, -0.2) is 49.9 Å². The second-order valence-corrected chi connectivity index (χ2v) is 6.19. The Labute approximate surface area is 139 Å². The molecule has 24 heavy (non-hydrogen) atoms. The summed E-state index contributed by atoms with van der Waals surface area (Å²) >= 11 is 0. The van der Waals surface area contributed by atoms with Crippen LogP contribution in [0.15, 0.2) is 12.1 Å². The second-order valence-electron chi connectivity index (χ2n) is 6.19. The number of aromatic amines is 1. The molecule has 0 spiro atoms. The lowest BCUT2D eigenvalue weighted by Crippen LogP contribution is -2.13. The monoisotopic (exact) mass is 327 g/mol. The first-order chi connectivity index (χ1) is 11.3. The summed E-state index contributed by atoms with van der Waals surface area (Å²) < 4.78 is 1.69. The van der Waals surface area contributed by atoms with E-state index in [4.69, 9.17) is 0 Å². The molecule has 0 aliphatic rings. The molecule has 0 aliphatic heterocycles. The zero-order valence-electron chi connectivity index (χ0n) is 14.5. The number of hydrogen-bond donors (Lipinski definition) is 2. The van der Waals surface area contributed by atoms with Crippen molar-refractivity contribution in [1.29, 1.82) is 0 Å². The Balaban J connectivity index is 1.93. The molecule has 0 saturated heterocycles. The Morgan fingerprint density at radius 3 is 2.79 bits per heavy atom. The van der Waals surface area contributed by atoms with Gasteiger partial charge in [-0.3, -0.25) is 14.6 Å². The molecule has 0 aliphatic carbocycles. The number of hydrogen-bond acceptors (Lipinski definition) is 5. The van der Waals surface area contributed by atoms with Crippen LogP contribution in [0.25, 0.3) is 11.0 Å². The van der Waals surface area contributed by atoms with Crippen molar-refractivity contribution in [2.75, 3.05) is 19.4 Å². The number of rotatable bonds is 4. The van der Waals surface area contributed by atoms with Crippen molar-refractivity contribution < 1.29 is 4.79 Å². The molecule has 3 aromatic rings. The predicted octanol–water partition coefficient (Wildman–Crippen LogP) is 1.62. The van der Waals surface area contributed by atoms with Crippen molar-refractivity contribution in [2.24, 2.45) is 7.05 Å². The lowest BCUT2D eigenvalue weighted by molar-refractivity contribution is 0.102. The van der Waals surface area contributed by atoms with Gasteiger partial charge in [-0.1, -0.05) is 0 Å². The number of amides is 1. The highest BCUT2D eigenvalue weighted by Gasteiger charge is 2.18. The maximum absolute atomic E-state index is 12.7.